The Balaban J connectivity index is 1.55. The SMILES string of the molecule is O=c1[nH]c2cc3c(cc2cc1CN(CCO)C(=S)NCc1ccco1)OCCO3. The van der Waals surface area contributed by atoms with Gasteiger partial charge in [0.1, 0.15) is 19.0 Å². The summed E-state index contributed by atoms with van der Waals surface area (Å²) in [5.74, 6) is 2.02. The van der Waals surface area contributed by atoms with Crippen LogP contribution in [0.1, 0.15) is 11.3 Å². The second-order valence-corrected chi connectivity index (χ2v) is 6.98. The highest BCUT2D eigenvalue weighted by Crippen LogP contribution is 2.33. The molecule has 29 heavy (non-hydrogen) atoms. The highest BCUT2D eigenvalue weighted by molar-refractivity contribution is 7.80. The Bertz CT molecular complexity index is 1060. The lowest BCUT2D eigenvalue weighted by atomic mass is 10.1. The van der Waals surface area contributed by atoms with Gasteiger partial charge in [-0.25, -0.2) is 0 Å². The summed E-state index contributed by atoms with van der Waals surface area (Å²) in [6.07, 6.45) is 1.59. The molecule has 0 bridgehead atoms. The molecule has 0 fully saturated rings. The first-order chi connectivity index (χ1) is 14.1. The van der Waals surface area contributed by atoms with E-state index in [1.54, 1.807) is 23.3 Å². The van der Waals surface area contributed by atoms with Crippen LogP contribution in [0.4, 0.5) is 0 Å². The third kappa shape index (κ3) is 4.36. The molecule has 0 unspecified atom stereocenters. The molecule has 2 aromatic heterocycles. The van der Waals surface area contributed by atoms with Gasteiger partial charge in [0, 0.05) is 23.6 Å². The first-order valence-electron chi connectivity index (χ1n) is 9.25. The van der Waals surface area contributed by atoms with Crippen LogP contribution < -0.4 is 20.3 Å². The smallest absolute Gasteiger partial charge is 0.253 e. The summed E-state index contributed by atoms with van der Waals surface area (Å²) in [4.78, 5) is 17.2. The average molecular weight is 415 g/mol. The van der Waals surface area contributed by atoms with Crippen LogP contribution in [-0.4, -0.2) is 46.5 Å². The van der Waals surface area contributed by atoms with E-state index in [2.05, 4.69) is 10.3 Å². The topological polar surface area (TPSA) is 100.0 Å². The van der Waals surface area contributed by atoms with Gasteiger partial charge < -0.3 is 34.2 Å². The van der Waals surface area contributed by atoms with Crippen molar-refractivity contribution in [2.45, 2.75) is 13.1 Å². The Hall–Kier alpha value is -3.04. The fraction of sp³-hybridized carbons (Fsp3) is 0.300. The molecule has 0 radical (unpaired) electrons. The summed E-state index contributed by atoms with van der Waals surface area (Å²) in [5.41, 5.74) is 0.992. The van der Waals surface area contributed by atoms with Crippen LogP contribution in [0, 0.1) is 0 Å². The van der Waals surface area contributed by atoms with E-state index >= 15 is 0 Å². The fourth-order valence-corrected chi connectivity index (χ4v) is 3.40. The van der Waals surface area contributed by atoms with Gasteiger partial charge in [0.05, 0.1) is 31.5 Å². The second-order valence-electron chi connectivity index (χ2n) is 6.59. The van der Waals surface area contributed by atoms with Crippen LogP contribution in [0.2, 0.25) is 0 Å². The Morgan fingerprint density at radius 1 is 1.24 bits per heavy atom. The zero-order valence-electron chi connectivity index (χ0n) is 15.6. The number of nitrogens with one attached hydrogen (secondary N) is 2. The third-order valence-electron chi connectivity index (χ3n) is 4.60. The molecule has 8 nitrogen and oxygen atoms in total. The number of aliphatic hydroxyl groups is 1. The van der Waals surface area contributed by atoms with Gasteiger partial charge in [-0.3, -0.25) is 4.79 Å². The van der Waals surface area contributed by atoms with Crippen LogP contribution in [0.15, 0.2) is 45.8 Å². The molecule has 0 atom stereocenters. The van der Waals surface area contributed by atoms with E-state index in [4.69, 9.17) is 26.1 Å². The monoisotopic (exact) mass is 415 g/mol. The van der Waals surface area contributed by atoms with E-state index in [0.717, 1.165) is 11.1 Å². The predicted molar refractivity (Wildman–Crippen MR) is 111 cm³/mol. The number of nitrogens with zero attached hydrogens (tertiary/aromatic N) is 1. The Labute approximate surface area is 172 Å². The van der Waals surface area contributed by atoms with Gasteiger partial charge >= 0.3 is 0 Å². The van der Waals surface area contributed by atoms with Crippen molar-refractivity contribution in [1.29, 1.82) is 0 Å². The lowest BCUT2D eigenvalue weighted by molar-refractivity contribution is 0.172. The zero-order chi connectivity index (χ0) is 20.2. The standard InChI is InChI=1S/C20H21N3O5S/c24-4-3-23(20(29)21-11-15-2-1-5-26-15)12-14-8-13-9-17-18(28-7-6-27-17)10-16(13)22-19(14)25/h1-2,5,8-10,24H,3-4,6-7,11-12H2,(H,21,29)(H,22,25). The lowest BCUT2D eigenvalue weighted by Gasteiger charge is -2.25. The number of fused-ring (bicyclic) bond motifs is 2. The van der Waals surface area contributed by atoms with Crippen molar-refractivity contribution in [1.82, 2.24) is 15.2 Å². The molecule has 0 saturated heterocycles. The molecular formula is C20H21N3O5S. The normalized spacial score (nSPS) is 12.7. The van der Waals surface area contributed by atoms with Gasteiger partial charge in [-0.15, -0.1) is 0 Å². The maximum absolute atomic E-state index is 12.6. The predicted octanol–water partition coefficient (Wildman–Crippen LogP) is 1.76. The maximum atomic E-state index is 12.6. The van der Waals surface area contributed by atoms with Gasteiger partial charge in [0.25, 0.3) is 5.56 Å². The summed E-state index contributed by atoms with van der Waals surface area (Å²) >= 11 is 5.45. The third-order valence-corrected chi connectivity index (χ3v) is 5.00. The van der Waals surface area contributed by atoms with Gasteiger partial charge in [0.15, 0.2) is 16.6 Å². The number of aromatic amines is 1. The molecule has 1 aliphatic rings. The molecule has 0 spiro atoms. The van der Waals surface area contributed by atoms with Gasteiger partial charge in [-0.05, 0) is 36.5 Å². The van der Waals surface area contributed by atoms with E-state index in [1.165, 1.54) is 0 Å². The Morgan fingerprint density at radius 3 is 2.76 bits per heavy atom. The minimum Gasteiger partial charge on any atom is -0.486 e. The van der Waals surface area contributed by atoms with E-state index < -0.39 is 0 Å². The first-order valence-corrected chi connectivity index (χ1v) is 9.66. The van der Waals surface area contributed by atoms with Gasteiger partial charge in [-0.1, -0.05) is 0 Å². The summed E-state index contributed by atoms with van der Waals surface area (Å²) in [6.45, 7) is 1.86. The summed E-state index contributed by atoms with van der Waals surface area (Å²) in [5, 5.41) is 13.8. The van der Waals surface area contributed by atoms with Crippen LogP contribution in [0.25, 0.3) is 10.9 Å². The summed E-state index contributed by atoms with van der Waals surface area (Å²) in [7, 11) is 0. The molecule has 0 aliphatic carbocycles. The van der Waals surface area contributed by atoms with Crippen molar-refractivity contribution < 1.29 is 19.0 Å². The molecule has 3 heterocycles. The Morgan fingerprint density at radius 2 is 2.03 bits per heavy atom. The number of furan rings is 1. The largest absolute Gasteiger partial charge is 0.486 e. The molecule has 3 N–H and O–H groups in total. The zero-order valence-corrected chi connectivity index (χ0v) is 16.5. The number of rotatable bonds is 6. The van der Waals surface area contributed by atoms with Crippen LogP contribution in [-0.2, 0) is 13.1 Å². The number of hydrogen-bond acceptors (Lipinski definition) is 6. The number of pyridine rings is 1. The molecule has 9 heteroatoms. The van der Waals surface area contributed by atoms with Crippen molar-refractivity contribution in [3.05, 3.63) is 58.3 Å². The molecular weight excluding hydrogens is 394 g/mol. The maximum Gasteiger partial charge on any atom is 0.253 e. The summed E-state index contributed by atoms with van der Waals surface area (Å²) < 4.78 is 16.5. The minimum absolute atomic E-state index is 0.0905. The number of aliphatic hydroxyl groups excluding tert-OH is 1. The molecule has 0 amide bonds. The van der Waals surface area contributed by atoms with Crippen molar-refractivity contribution in [3.63, 3.8) is 0 Å². The molecule has 152 valence electrons. The quantitative estimate of drug-likeness (QED) is 0.524. The lowest BCUT2D eigenvalue weighted by Crippen LogP contribution is -2.41. The number of thiocarbonyl (C=S) groups is 1. The van der Waals surface area contributed by atoms with Crippen LogP contribution in [0.5, 0.6) is 11.5 Å². The number of benzene rings is 1. The second kappa shape index (κ2) is 8.54. The van der Waals surface area contributed by atoms with Crippen LogP contribution in [0.3, 0.4) is 0 Å². The number of aromatic nitrogens is 1. The minimum atomic E-state index is -0.217. The van der Waals surface area contributed by atoms with E-state index in [1.807, 2.05) is 18.2 Å². The molecule has 4 rings (SSSR count). The number of hydrogen-bond donors (Lipinski definition) is 3. The van der Waals surface area contributed by atoms with Crippen molar-refractivity contribution >= 4 is 28.2 Å². The molecule has 1 aliphatic heterocycles. The highest BCUT2D eigenvalue weighted by atomic mass is 32.1. The van der Waals surface area contributed by atoms with Crippen molar-refractivity contribution in [2.75, 3.05) is 26.4 Å². The summed E-state index contributed by atoms with van der Waals surface area (Å²) in [6, 6.07) is 9.08. The molecule has 0 saturated carbocycles. The van der Waals surface area contributed by atoms with E-state index in [9.17, 15) is 9.90 Å². The van der Waals surface area contributed by atoms with Gasteiger partial charge in [-0.2, -0.15) is 0 Å². The number of ether oxygens (including phenoxy) is 2. The van der Waals surface area contributed by atoms with E-state index in [0.29, 0.717) is 54.0 Å². The molecule has 1 aromatic carbocycles. The Kier molecular flexibility index (Phi) is 5.68. The first kappa shape index (κ1) is 19.3. The number of H-pyrrole nitrogens is 1. The van der Waals surface area contributed by atoms with Crippen LogP contribution >= 0.6 is 12.2 Å². The highest BCUT2D eigenvalue weighted by Gasteiger charge is 2.16. The van der Waals surface area contributed by atoms with Crippen molar-refractivity contribution in [3.8, 4) is 11.5 Å². The van der Waals surface area contributed by atoms with Crippen molar-refractivity contribution in [2.24, 2.45) is 0 Å². The van der Waals surface area contributed by atoms with Gasteiger partial charge in [0.2, 0.25) is 0 Å². The molecule has 3 aromatic rings. The fourth-order valence-electron chi connectivity index (χ4n) is 3.17. The average Bonchev–Trinajstić information content (AvgIpc) is 3.24. The van der Waals surface area contributed by atoms with E-state index in [-0.39, 0.29) is 18.7 Å².